The number of carbonyl (C=O) groups is 1. The summed E-state index contributed by atoms with van der Waals surface area (Å²) in [6, 6.07) is 6.37. The first-order valence-corrected chi connectivity index (χ1v) is 11.6. The molecule has 3 aromatic heterocycles. The van der Waals surface area contributed by atoms with E-state index in [0.29, 0.717) is 40.6 Å². The number of fused-ring (bicyclic) bond motifs is 2. The van der Waals surface area contributed by atoms with Crippen LogP contribution in [0.4, 0.5) is 19.1 Å². The lowest BCUT2D eigenvalue weighted by atomic mass is 10.0. The highest BCUT2D eigenvalue weighted by molar-refractivity contribution is 5.89. The Hall–Kier alpha value is -3.94. The van der Waals surface area contributed by atoms with Gasteiger partial charge in [0, 0.05) is 25.2 Å². The van der Waals surface area contributed by atoms with Gasteiger partial charge in [-0.1, -0.05) is 11.3 Å². The first-order valence-electron chi connectivity index (χ1n) is 11.6. The minimum atomic E-state index is -2.95. The van der Waals surface area contributed by atoms with Gasteiger partial charge in [-0.3, -0.25) is 4.79 Å². The second-order valence-corrected chi connectivity index (χ2v) is 9.04. The van der Waals surface area contributed by atoms with E-state index in [0.717, 1.165) is 6.92 Å². The molecular weight excluding hydrogens is 493 g/mol. The van der Waals surface area contributed by atoms with Crippen molar-refractivity contribution in [2.45, 2.75) is 38.0 Å². The zero-order chi connectivity index (χ0) is 26.3. The van der Waals surface area contributed by atoms with Crippen LogP contribution in [0.25, 0.3) is 27.7 Å². The molecule has 14 heteroatoms. The molecule has 2 atom stereocenters. The molecule has 5 rings (SSSR count). The highest BCUT2D eigenvalue weighted by atomic mass is 19.3. The Kier molecular flexibility index (Phi) is 6.35. The molecule has 37 heavy (non-hydrogen) atoms. The van der Waals surface area contributed by atoms with Gasteiger partial charge in [0.05, 0.1) is 25.2 Å². The quantitative estimate of drug-likeness (QED) is 0.382. The van der Waals surface area contributed by atoms with Crippen LogP contribution in [-0.4, -0.2) is 90.4 Å². The van der Waals surface area contributed by atoms with Crippen LogP contribution in [0.1, 0.15) is 13.3 Å². The van der Waals surface area contributed by atoms with Gasteiger partial charge in [0.1, 0.15) is 30.4 Å². The monoisotopic (exact) mass is 518 g/mol. The summed E-state index contributed by atoms with van der Waals surface area (Å²) in [4.78, 5) is 17.4. The number of nitrogens with one attached hydrogen (secondary N) is 1. The zero-order valence-corrected chi connectivity index (χ0v) is 20.1. The molecule has 1 aromatic carbocycles. The van der Waals surface area contributed by atoms with Gasteiger partial charge in [-0.25, -0.2) is 22.4 Å². The van der Waals surface area contributed by atoms with E-state index in [4.69, 9.17) is 9.84 Å². The van der Waals surface area contributed by atoms with Crippen LogP contribution in [0.15, 0.2) is 30.5 Å². The van der Waals surface area contributed by atoms with E-state index < -0.39 is 37.2 Å². The van der Waals surface area contributed by atoms with E-state index in [1.54, 1.807) is 35.0 Å². The number of rotatable bonds is 7. The molecule has 0 spiro atoms. The van der Waals surface area contributed by atoms with Crippen molar-refractivity contribution in [2.75, 3.05) is 32.1 Å². The van der Waals surface area contributed by atoms with Crippen molar-refractivity contribution >= 4 is 28.4 Å². The fourth-order valence-electron chi connectivity index (χ4n) is 4.50. The molecule has 2 N–H and O–H groups in total. The summed E-state index contributed by atoms with van der Waals surface area (Å²) >= 11 is 0. The predicted octanol–water partition coefficient (Wildman–Crippen LogP) is 2.15. The smallest absolute Gasteiger partial charge is 0.264 e. The number of aliphatic hydroxyl groups excluding tert-OH is 1. The minimum Gasteiger partial charge on any atom is -0.479 e. The molecule has 1 aliphatic rings. The van der Waals surface area contributed by atoms with Crippen LogP contribution in [0.3, 0.4) is 0 Å². The van der Waals surface area contributed by atoms with Gasteiger partial charge >= 0.3 is 0 Å². The third-order valence-corrected chi connectivity index (χ3v) is 6.27. The molecule has 1 fully saturated rings. The number of carbonyl (C=O) groups excluding carboxylic acids is 1. The summed E-state index contributed by atoms with van der Waals surface area (Å²) in [6.45, 7) is -0.283. The number of hydrogen-bond donors (Lipinski definition) is 2. The van der Waals surface area contributed by atoms with E-state index in [2.05, 4.69) is 25.7 Å². The normalized spacial score (nSPS) is 18.5. The number of methoxy groups -OCH3 is 1. The van der Waals surface area contributed by atoms with Gasteiger partial charge in [-0.15, -0.1) is 10.2 Å². The highest BCUT2D eigenvalue weighted by Crippen LogP contribution is 2.33. The van der Waals surface area contributed by atoms with Crippen molar-refractivity contribution < 1.29 is 27.8 Å². The van der Waals surface area contributed by atoms with Crippen molar-refractivity contribution in [3.63, 3.8) is 0 Å². The van der Waals surface area contributed by atoms with Gasteiger partial charge < -0.3 is 20.1 Å². The number of aliphatic hydroxyl groups is 1. The lowest BCUT2D eigenvalue weighted by Gasteiger charge is -2.34. The largest absolute Gasteiger partial charge is 0.479 e. The molecule has 1 saturated heterocycles. The van der Waals surface area contributed by atoms with Gasteiger partial charge in [0.2, 0.25) is 17.7 Å². The maximum Gasteiger partial charge on any atom is 0.264 e. The van der Waals surface area contributed by atoms with E-state index in [1.807, 2.05) is 0 Å². The minimum absolute atomic E-state index is 0.137. The van der Waals surface area contributed by atoms with Crippen LogP contribution in [0.5, 0.6) is 5.88 Å². The van der Waals surface area contributed by atoms with Crippen LogP contribution in [0, 0.1) is 0 Å². The second-order valence-electron chi connectivity index (χ2n) is 9.04. The van der Waals surface area contributed by atoms with Crippen molar-refractivity contribution in [3.05, 3.63) is 30.5 Å². The van der Waals surface area contributed by atoms with Gasteiger partial charge in [0.15, 0.2) is 0 Å². The third-order valence-electron chi connectivity index (χ3n) is 6.27. The molecule has 4 heterocycles. The molecule has 4 aromatic rings. The Labute approximate surface area is 208 Å². The number of nitrogens with zero attached hydrogens (tertiary/aromatic N) is 7. The molecule has 0 saturated carbocycles. The Bertz CT molecular complexity index is 1450. The lowest BCUT2D eigenvalue weighted by molar-refractivity contribution is -0.136. The van der Waals surface area contributed by atoms with Crippen molar-refractivity contribution in [1.29, 1.82) is 0 Å². The van der Waals surface area contributed by atoms with E-state index in [1.165, 1.54) is 16.7 Å². The number of piperidine rings is 1. The van der Waals surface area contributed by atoms with Crippen LogP contribution >= 0.6 is 0 Å². The van der Waals surface area contributed by atoms with Crippen LogP contribution < -0.4 is 10.1 Å². The Morgan fingerprint density at radius 1 is 1.32 bits per heavy atom. The first-order chi connectivity index (χ1) is 17.7. The molecule has 0 aliphatic carbocycles. The molecule has 0 radical (unpaired) electrons. The summed E-state index contributed by atoms with van der Waals surface area (Å²) in [6.07, 6.45) is 0.622. The number of likely N-dealkylation sites (tertiary alicyclic amines) is 1. The maximum absolute atomic E-state index is 14.7. The molecule has 1 amide bonds. The van der Waals surface area contributed by atoms with Gasteiger partial charge in [-0.05, 0) is 30.2 Å². The summed E-state index contributed by atoms with van der Waals surface area (Å²) < 4.78 is 50.2. The van der Waals surface area contributed by atoms with E-state index in [-0.39, 0.29) is 18.4 Å². The van der Waals surface area contributed by atoms with Crippen molar-refractivity contribution in [1.82, 2.24) is 34.5 Å². The molecule has 196 valence electrons. The number of ether oxygens (including phenoxy) is 1. The summed E-state index contributed by atoms with van der Waals surface area (Å²) in [7, 11) is 1.45. The van der Waals surface area contributed by atoms with Crippen LogP contribution in [-0.2, 0) is 11.3 Å². The Morgan fingerprint density at radius 3 is 2.84 bits per heavy atom. The summed E-state index contributed by atoms with van der Waals surface area (Å²) in [5.74, 6) is -3.10. The predicted molar refractivity (Wildman–Crippen MR) is 127 cm³/mol. The zero-order valence-electron chi connectivity index (χ0n) is 20.1. The van der Waals surface area contributed by atoms with Gasteiger partial charge in [0.25, 0.3) is 5.92 Å². The number of alkyl halides is 3. The number of halogens is 3. The number of hydrogen-bond acceptors (Lipinski definition) is 8. The second kappa shape index (κ2) is 9.50. The topological polar surface area (TPSA) is 123 Å². The number of aromatic nitrogens is 6. The maximum atomic E-state index is 14.7. The highest BCUT2D eigenvalue weighted by Gasteiger charge is 2.32. The molecule has 1 aliphatic heterocycles. The molecule has 0 bridgehead atoms. The fourth-order valence-corrected chi connectivity index (χ4v) is 4.50. The van der Waals surface area contributed by atoms with Crippen molar-refractivity contribution in [2.24, 2.45) is 0 Å². The Balaban J connectivity index is 1.44. The number of benzene rings is 1. The average molecular weight is 519 g/mol. The van der Waals surface area contributed by atoms with Crippen molar-refractivity contribution in [3.8, 4) is 17.0 Å². The third kappa shape index (κ3) is 4.88. The lowest BCUT2D eigenvalue weighted by Crippen LogP contribution is -2.50. The van der Waals surface area contributed by atoms with E-state index in [9.17, 15) is 18.0 Å². The fraction of sp³-hybridized carbons (Fsp3) is 0.435. The summed E-state index contributed by atoms with van der Waals surface area (Å²) in [5.41, 5.74) is 2.87. The number of anilines is 1. The van der Waals surface area contributed by atoms with Crippen LogP contribution in [0.2, 0.25) is 0 Å². The van der Waals surface area contributed by atoms with E-state index >= 15 is 0 Å². The first kappa shape index (κ1) is 24.7. The number of amides is 1. The standard InChI is InChI=1S/C23H25F3N8O3/c1-23(25,26)12-34-18-9-13(3-4-17(18)29-31-34)14-5-8-33-20(14)21(37-2)28-22(30-33)27-16-6-7-32(10-15(16)24)19(36)11-35/h3-5,8-9,15-16,35H,6-7,10-12H2,1-2H3,(H,27,30)/t15-,16+/m1/s1. The Morgan fingerprint density at radius 2 is 2.14 bits per heavy atom. The summed E-state index contributed by atoms with van der Waals surface area (Å²) in [5, 5.41) is 24.3. The average Bonchev–Trinajstić information content (AvgIpc) is 3.47. The molecule has 0 unspecified atom stereocenters. The molecule has 11 nitrogen and oxygen atoms in total. The van der Waals surface area contributed by atoms with Gasteiger partial charge in [-0.2, -0.15) is 4.98 Å². The SMILES string of the molecule is COc1nc(N[C@H]2CCN(C(=O)CO)C[C@H]2F)nn2ccc(-c3ccc4nnn(CC(C)(F)F)c4c3)c12. The molecular formula is C23H25F3N8O3.